The van der Waals surface area contributed by atoms with Crippen LogP contribution in [0.5, 0.6) is 0 Å². The molecule has 0 heterocycles. The average Bonchev–Trinajstić information content (AvgIpc) is 2.97. The van der Waals surface area contributed by atoms with E-state index in [1.807, 2.05) is 42.2 Å². The zero-order chi connectivity index (χ0) is 14.4. The van der Waals surface area contributed by atoms with E-state index in [4.69, 9.17) is 5.11 Å². The molecule has 0 bridgehead atoms. The van der Waals surface area contributed by atoms with Gasteiger partial charge in [-0.2, -0.15) is 0 Å². The van der Waals surface area contributed by atoms with Crippen LogP contribution in [0, 0.1) is 6.92 Å². The number of aryl methyl sites for hydroxylation is 1. The molecule has 1 fully saturated rings. The fourth-order valence-electron chi connectivity index (χ4n) is 2.74. The number of amides is 1. The molecule has 0 saturated heterocycles. The number of nitrogens with zero attached hydrogens (tertiary/aromatic N) is 1. The van der Waals surface area contributed by atoms with Gasteiger partial charge in [0, 0.05) is 18.7 Å². The standard InChI is InChI=1S/C17H23NO2/c1-14-6-8-15(9-7-14)10-11-17(20)18(12-13-19)16-4-2-3-5-16/h6-11,16,19H,2-5,12-13H2,1H3. The molecule has 1 aromatic carbocycles. The van der Waals surface area contributed by atoms with Gasteiger partial charge in [0.05, 0.1) is 6.61 Å². The highest BCUT2D eigenvalue weighted by Crippen LogP contribution is 2.23. The number of benzene rings is 1. The molecule has 1 aliphatic carbocycles. The third-order valence-electron chi connectivity index (χ3n) is 3.89. The number of aliphatic hydroxyl groups is 1. The van der Waals surface area contributed by atoms with E-state index in [2.05, 4.69) is 0 Å². The first kappa shape index (κ1) is 14.8. The van der Waals surface area contributed by atoms with Crippen LogP contribution in [-0.2, 0) is 4.79 Å². The van der Waals surface area contributed by atoms with Gasteiger partial charge in [-0.25, -0.2) is 0 Å². The van der Waals surface area contributed by atoms with E-state index < -0.39 is 0 Å². The van der Waals surface area contributed by atoms with E-state index in [0.29, 0.717) is 12.6 Å². The van der Waals surface area contributed by atoms with Gasteiger partial charge in [0.15, 0.2) is 0 Å². The second-order valence-corrected chi connectivity index (χ2v) is 5.44. The Kier molecular flexibility index (Phi) is 5.36. The Hall–Kier alpha value is -1.61. The van der Waals surface area contributed by atoms with E-state index in [9.17, 15) is 4.79 Å². The molecule has 20 heavy (non-hydrogen) atoms. The Morgan fingerprint density at radius 2 is 1.95 bits per heavy atom. The summed E-state index contributed by atoms with van der Waals surface area (Å²) in [6, 6.07) is 8.38. The van der Waals surface area contributed by atoms with E-state index in [-0.39, 0.29) is 12.5 Å². The Labute approximate surface area is 120 Å². The van der Waals surface area contributed by atoms with Crippen molar-refractivity contribution in [1.29, 1.82) is 0 Å². The molecule has 108 valence electrons. The van der Waals surface area contributed by atoms with Crippen molar-refractivity contribution < 1.29 is 9.90 Å². The van der Waals surface area contributed by atoms with Crippen LogP contribution in [-0.4, -0.2) is 35.1 Å². The van der Waals surface area contributed by atoms with Crippen molar-refractivity contribution in [3.05, 3.63) is 41.5 Å². The smallest absolute Gasteiger partial charge is 0.246 e. The predicted octanol–water partition coefficient (Wildman–Crippen LogP) is 2.77. The number of aliphatic hydroxyl groups excluding tert-OH is 1. The van der Waals surface area contributed by atoms with Gasteiger partial charge in [0.1, 0.15) is 0 Å². The van der Waals surface area contributed by atoms with E-state index in [1.54, 1.807) is 6.08 Å². The van der Waals surface area contributed by atoms with Crippen molar-refractivity contribution in [3.63, 3.8) is 0 Å². The quantitative estimate of drug-likeness (QED) is 0.838. The normalized spacial score (nSPS) is 15.9. The second-order valence-electron chi connectivity index (χ2n) is 5.44. The topological polar surface area (TPSA) is 40.5 Å². The lowest BCUT2D eigenvalue weighted by molar-refractivity contribution is -0.128. The van der Waals surface area contributed by atoms with Crippen LogP contribution in [0.3, 0.4) is 0 Å². The van der Waals surface area contributed by atoms with Gasteiger partial charge < -0.3 is 10.0 Å². The molecule has 1 amide bonds. The molecule has 2 rings (SSSR count). The molecule has 0 atom stereocenters. The van der Waals surface area contributed by atoms with Gasteiger partial charge in [0.25, 0.3) is 0 Å². The average molecular weight is 273 g/mol. The highest BCUT2D eigenvalue weighted by atomic mass is 16.3. The van der Waals surface area contributed by atoms with Crippen molar-refractivity contribution in [2.75, 3.05) is 13.2 Å². The minimum Gasteiger partial charge on any atom is -0.395 e. The van der Waals surface area contributed by atoms with Crippen LogP contribution in [0.15, 0.2) is 30.3 Å². The highest BCUT2D eigenvalue weighted by Gasteiger charge is 2.24. The Balaban J connectivity index is 2.01. The van der Waals surface area contributed by atoms with Crippen molar-refractivity contribution >= 4 is 12.0 Å². The summed E-state index contributed by atoms with van der Waals surface area (Å²) in [5.74, 6) is 0.00604. The first-order valence-corrected chi connectivity index (χ1v) is 7.37. The first-order valence-electron chi connectivity index (χ1n) is 7.37. The largest absolute Gasteiger partial charge is 0.395 e. The molecular formula is C17H23NO2. The summed E-state index contributed by atoms with van der Waals surface area (Å²) in [6.07, 6.45) is 7.96. The molecule has 1 aromatic rings. The molecule has 3 heteroatoms. The van der Waals surface area contributed by atoms with Gasteiger partial charge in [-0.05, 0) is 31.4 Å². The predicted molar refractivity (Wildman–Crippen MR) is 81.3 cm³/mol. The van der Waals surface area contributed by atoms with Crippen LogP contribution in [0.25, 0.3) is 6.08 Å². The first-order chi connectivity index (χ1) is 9.70. The number of hydrogen-bond acceptors (Lipinski definition) is 2. The maximum absolute atomic E-state index is 12.3. The molecule has 3 nitrogen and oxygen atoms in total. The van der Waals surface area contributed by atoms with Crippen molar-refractivity contribution in [2.45, 2.75) is 38.6 Å². The molecule has 0 radical (unpaired) electrons. The molecule has 0 unspecified atom stereocenters. The fourth-order valence-corrected chi connectivity index (χ4v) is 2.74. The lowest BCUT2D eigenvalue weighted by Crippen LogP contribution is -2.39. The summed E-state index contributed by atoms with van der Waals surface area (Å²) in [4.78, 5) is 14.1. The third kappa shape index (κ3) is 3.94. The lowest BCUT2D eigenvalue weighted by atomic mass is 10.1. The van der Waals surface area contributed by atoms with Crippen LogP contribution in [0.4, 0.5) is 0 Å². The van der Waals surface area contributed by atoms with Gasteiger partial charge in [-0.15, -0.1) is 0 Å². The van der Waals surface area contributed by atoms with Crippen LogP contribution in [0.2, 0.25) is 0 Å². The van der Waals surface area contributed by atoms with Crippen LogP contribution in [0.1, 0.15) is 36.8 Å². The second kappa shape index (κ2) is 7.25. The molecule has 0 spiro atoms. The van der Waals surface area contributed by atoms with Crippen LogP contribution < -0.4 is 0 Å². The maximum atomic E-state index is 12.3. The minimum atomic E-state index is 0.00604. The Morgan fingerprint density at radius 1 is 1.30 bits per heavy atom. The molecule has 1 saturated carbocycles. The van der Waals surface area contributed by atoms with Crippen molar-refractivity contribution in [1.82, 2.24) is 4.90 Å². The van der Waals surface area contributed by atoms with E-state index >= 15 is 0 Å². The monoisotopic (exact) mass is 273 g/mol. The SMILES string of the molecule is Cc1ccc(C=CC(=O)N(CCO)C2CCCC2)cc1. The summed E-state index contributed by atoms with van der Waals surface area (Å²) < 4.78 is 0. The number of hydrogen-bond donors (Lipinski definition) is 1. The van der Waals surface area contributed by atoms with E-state index in [0.717, 1.165) is 18.4 Å². The third-order valence-corrected chi connectivity index (χ3v) is 3.89. The summed E-state index contributed by atoms with van der Waals surface area (Å²) in [5, 5.41) is 9.14. The molecule has 1 aliphatic rings. The van der Waals surface area contributed by atoms with Gasteiger partial charge >= 0.3 is 0 Å². The minimum absolute atomic E-state index is 0.00604. The Morgan fingerprint density at radius 3 is 2.55 bits per heavy atom. The number of carbonyl (C=O) groups is 1. The zero-order valence-electron chi connectivity index (χ0n) is 12.1. The zero-order valence-corrected chi connectivity index (χ0v) is 12.1. The molecule has 0 aliphatic heterocycles. The maximum Gasteiger partial charge on any atom is 0.246 e. The summed E-state index contributed by atoms with van der Waals surface area (Å²) in [6.45, 7) is 2.50. The molecule has 1 N–H and O–H groups in total. The van der Waals surface area contributed by atoms with Crippen LogP contribution >= 0.6 is 0 Å². The lowest BCUT2D eigenvalue weighted by Gasteiger charge is -2.27. The summed E-state index contributed by atoms with van der Waals surface area (Å²) in [5.41, 5.74) is 2.24. The van der Waals surface area contributed by atoms with E-state index in [1.165, 1.54) is 18.4 Å². The van der Waals surface area contributed by atoms with Gasteiger partial charge in [-0.3, -0.25) is 4.79 Å². The van der Waals surface area contributed by atoms with Crippen molar-refractivity contribution in [2.24, 2.45) is 0 Å². The summed E-state index contributed by atoms with van der Waals surface area (Å²) in [7, 11) is 0. The fraction of sp³-hybridized carbons (Fsp3) is 0.471. The molecule has 0 aromatic heterocycles. The van der Waals surface area contributed by atoms with Gasteiger partial charge in [-0.1, -0.05) is 42.7 Å². The van der Waals surface area contributed by atoms with Crippen molar-refractivity contribution in [3.8, 4) is 0 Å². The molecular weight excluding hydrogens is 250 g/mol. The highest BCUT2D eigenvalue weighted by molar-refractivity contribution is 5.92. The number of carbonyl (C=O) groups excluding carboxylic acids is 1. The van der Waals surface area contributed by atoms with Gasteiger partial charge in [0.2, 0.25) is 5.91 Å². The Bertz CT molecular complexity index is 458. The summed E-state index contributed by atoms with van der Waals surface area (Å²) >= 11 is 0. The number of rotatable bonds is 5.